The van der Waals surface area contributed by atoms with Gasteiger partial charge in [-0.05, 0) is 29.7 Å². The summed E-state index contributed by atoms with van der Waals surface area (Å²) < 4.78 is 0. The lowest BCUT2D eigenvalue weighted by atomic mass is 9.87. The predicted molar refractivity (Wildman–Crippen MR) is 81.6 cm³/mol. The first-order valence-electron chi connectivity index (χ1n) is 6.36. The molecular weight excluding hydrogens is 298 g/mol. The van der Waals surface area contributed by atoms with Crippen molar-refractivity contribution in [3.05, 3.63) is 20.8 Å². The summed E-state index contributed by atoms with van der Waals surface area (Å²) in [5.74, 6) is -1.23. The van der Waals surface area contributed by atoms with Gasteiger partial charge >= 0.3 is 5.97 Å². The van der Waals surface area contributed by atoms with Gasteiger partial charge in [-0.25, -0.2) is 0 Å². The Kier molecular flexibility index (Phi) is 5.59. The van der Waals surface area contributed by atoms with E-state index >= 15 is 0 Å². The first kappa shape index (κ1) is 17.0. The lowest BCUT2D eigenvalue weighted by Gasteiger charge is -2.25. The van der Waals surface area contributed by atoms with E-state index in [2.05, 4.69) is 5.32 Å². The summed E-state index contributed by atoms with van der Waals surface area (Å²) in [5.41, 5.74) is 0.787. The molecule has 1 amide bonds. The van der Waals surface area contributed by atoms with Crippen molar-refractivity contribution in [2.45, 2.75) is 46.6 Å². The minimum Gasteiger partial charge on any atom is -0.481 e. The Bertz CT molecular complexity index is 505. The summed E-state index contributed by atoms with van der Waals surface area (Å²) >= 11 is 7.33. The van der Waals surface area contributed by atoms with Crippen molar-refractivity contribution in [3.8, 4) is 0 Å². The number of carboxylic acid groups (broad SMARTS) is 1. The fraction of sp³-hybridized carbons (Fsp3) is 0.571. The molecule has 0 aliphatic carbocycles. The van der Waals surface area contributed by atoms with Crippen LogP contribution in [0.1, 0.15) is 48.8 Å². The number of nitrogens with one attached hydrogen (secondary N) is 1. The molecule has 0 spiro atoms. The molecule has 0 aromatic carbocycles. The molecule has 4 nitrogen and oxygen atoms in total. The van der Waals surface area contributed by atoms with Crippen LogP contribution >= 0.6 is 22.9 Å². The number of amides is 1. The molecule has 6 heteroatoms. The summed E-state index contributed by atoms with van der Waals surface area (Å²) in [7, 11) is 0. The van der Waals surface area contributed by atoms with Crippen molar-refractivity contribution in [2.24, 2.45) is 5.41 Å². The monoisotopic (exact) mass is 317 g/mol. The maximum atomic E-state index is 12.2. The van der Waals surface area contributed by atoms with Gasteiger partial charge in [-0.15, -0.1) is 11.3 Å². The molecule has 0 saturated carbocycles. The van der Waals surface area contributed by atoms with Crippen LogP contribution in [0.2, 0.25) is 5.02 Å². The Hall–Kier alpha value is -1.07. The Morgan fingerprint density at radius 1 is 1.45 bits per heavy atom. The molecule has 0 aliphatic heterocycles. The predicted octanol–water partition coefficient (Wildman–Crippen LogP) is 3.72. The fourth-order valence-corrected chi connectivity index (χ4v) is 3.14. The van der Waals surface area contributed by atoms with Gasteiger partial charge in [-0.3, -0.25) is 9.59 Å². The molecular formula is C14H20ClNO3S. The molecule has 1 aromatic heterocycles. The third-order valence-corrected chi connectivity index (χ3v) is 4.42. The van der Waals surface area contributed by atoms with Crippen molar-refractivity contribution in [3.63, 3.8) is 0 Å². The molecule has 1 rings (SSSR count). The Morgan fingerprint density at radius 3 is 2.45 bits per heavy atom. The summed E-state index contributed by atoms with van der Waals surface area (Å²) in [6.45, 7) is 7.86. The zero-order chi connectivity index (χ0) is 15.5. The van der Waals surface area contributed by atoms with Gasteiger partial charge in [0.1, 0.15) is 4.88 Å². The average Bonchev–Trinajstić information content (AvgIpc) is 2.56. The van der Waals surface area contributed by atoms with E-state index < -0.39 is 12.0 Å². The zero-order valence-corrected chi connectivity index (χ0v) is 13.7. The summed E-state index contributed by atoms with van der Waals surface area (Å²) in [4.78, 5) is 23.5. The first-order valence-corrected chi connectivity index (χ1v) is 7.62. The molecule has 0 fully saturated rings. The largest absolute Gasteiger partial charge is 0.481 e. The first-order chi connectivity index (χ1) is 9.10. The minimum atomic E-state index is -0.923. The molecule has 1 unspecified atom stereocenters. The minimum absolute atomic E-state index is 0.0669. The Labute approximate surface area is 128 Å². The number of carboxylic acids is 1. The topological polar surface area (TPSA) is 66.4 Å². The number of aliphatic carboxylic acids is 1. The van der Waals surface area contributed by atoms with Gasteiger partial charge in [0, 0.05) is 6.04 Å². The molecule has 0 radical (unpaired) electrons. The van der Waals surface area contributed by atoms with Gasteiger partial charge in [0.25, 0.3) is 5.91 Å². The standard InChI is InChI=1S/C14H20ClNO3S/c1-8-7-20-12(11(8)15)13(19)16-9(5-10(17)18)6-14(2,3)4/h7,9H,5-6H2,1-4H3,(H,16,19)(H,17,18). The van der Waals surface area contributed by atoms with E-state index in [4.69, 9.17) is 16.7 Å². The molecule has 20 heavy (non-hydrogen) atoms. The number of hydrogen-bond donors (Lipinski definition) is 2. The number of carbonyl (C=O) groups is 2. The summed E-state index contributed by atoms with van der Waals surface area (Å²) in [6.07, 6.45) is 0.498. The lowest BCUT2D eigenvalue weighted by Crippen LogP contribution is -2.38. The van der Waals surface area contributed by atoms with Gasteiger partial charge < -0.3 is 10.4 Å². The van der Waals surface area contributed by atoms with E-state index in [-0.39, 0.29) is 17.7 Å². The maximum absolute atomic E-state index is 12.2. The van der Waals surface area contributed by atoms with E-state index in [1.807, 2.05) is 33.1 Å². The summed E-state index contributed by atoms with van der Waals surface area (Å²) in [6, 6.07) is -0.404. The van der Waals surface area contributed by atoms with Crippen LogP contribution in [0.3, 0.4) is 0 Å². The highest BCUT2D eigenvalue weighted by Crippen LogP contribution is 2.28. The van der Waals surface area contributed by atoms with Crippen LogP contribution in [-0.2, 0) is 4.79 Å². The zero-order valence-electron chi connectivity index (χ0n) is 12.1. The highest BCUT2D eigenvalue weighted by molar-refractivity contribution is 7.13. The number of halogens is 1. The highest BCUT2D eigenvalue weighted by Gasteiger charge is 2.24. The van der Waals surface area contributed by atoms with Gasteiger partial charge in [0.2, 0.25) is 0 Å². The number of hydrogen-bond acceptors (Lipinski definition) is 3. The van der Waals surface area contributed by atoms with E-state index in [9.17, 15) is 9.59 Å². The highest BCUT2D eigenvalue weighted by atomic mass is 35.5. The van der Waals surface area contributed by atoms with Crippen LogP contribution in [0.5, 0.6) is 0 Å². The number of carbonyl (C=O) groups excluding carboxylic acids is 1. The van der Waals surface area contributed by atoms with E-state index in [0.29, 0.717) is 16.3 Å². The van der Waals surface area contributed by atoms with Crippen molar-refractivity contribution >= 4 is 34.8 Å². The normalized spacial score (nSPS) is 13.1. The molecule has 0 saturated heterocycles. The van der Waals surface area contributed by atoms with Crippen LogP contribution in [-0.4, -0.2) is 23.0 Å². The van der Waals surface area contributed by atoms with Crippen LogP contribution in [0.15, 0.2) is 5.38 Å². The molecule has 2 N–H and O–H groups in total. The fourth-order valence-electron chi connectivity index (χ4n) is 1.96. The van der Waals surface area contributed by atoms with Crippen molar-refractivity contribution in [2.75, 3.05) is 0 Å². The Morgan fingerprint density at radius 2 is 2.05 bits per heavy atom. The van der Waals surface area contributed by atoms with Crippen LogP contribution < -0.4 is 5.32 Å². The van der Waals surface area contributed by atoms with Gasteiger partial charge in [-0.2, -0.15) is 0 Å². The van der Waals surface area contributed by atoms with E-state index in [1.54, 1.807) is 0 Å². The second-order valence-electron chi connectivity index (χ2n) is 6.09. The number of aryl methyl sites for hydroxylation is 1. The van der Waals surface area contributed by atoms with Crippen molar-refractivity contribution in [1.29, 1.82) is 0 Å². The maximum Gasteiger partial charge on any atom is 0.305 e. The van der Waals surface area contributed by atoms with Gasteiger partial charge in [0.05, 0.1) is 11.4 Å². The Balaban J connectivity index is 2.81. The number of rotatable bonds is 5. The van der Waals surface area contributed by atoms with E-state index in [0.717, 1.165) is 5.56 Å². The lowest BCUT2D eigenvalue weighted by molar-refractivity contribution is -0.137. The molecule has 1 heterocycles. The molecule has 1 atom stereocenters. The number of thiophene rings is 1. The van der Waals surface area contributed by atoms with Crippen molar-refractivity contribution < 1.29 is 14.7 Å². The molecule has 112 valence electrons. The van der Waals surface area contributed by atoms with Gasteiger partial charge in [-0.1, -0.05) is 32.4 Å². The third-order valence-electron chi connectivity index (χ3n) is 2.72. The second-order valence-corrected chi connectivity index (χ2v) is 7.35. The molecule has 0 bridgehead atoms. The SMILES string of the molecule is Cc1csc(C(=O)NC(CC(=O)O)CC(C)(C)C)c1Cl. The quantitative estimate of drug-likeness (QED) is 0.869. The smallest absolute Gasteiger partial charge is 0.305 e. The summed E-state index contributed by atoms with van der Waals surface area (Å²) in [5, 5.41) is 14.0. The third kappa shape index (κ3) is 5.13. The van der Waals surface area contributed by atoms with Crippen LogP contribution in [0, 0.1) is 12.3 Å². The van der Waals surface area contributed by atoms with Gasteiger partial charge in [0.15, 0.2) is 0 Å². The molecule has 0 aliphatic rings. The second kappa shape index (κ2) is 6.59. The van der Waals surface area contributed by atoms with Crippen molar-refractivity contribution in [1.82, 2.24) is 5.32 Å². The average molecular weight is 318 g/mol. The van der Waals surface area contributed by atoms with E-state index in [1.165, 1.54) is 11.3 Å². The molecule has 1 aromatic rings. The van der Waals surface area contributed by atoms with Crippen LogP contribution in [0.25, 0.3) is 0 Å². The van der Waals surface area contributed by atoms with Crippen LogP contribution in [0.4, 0.5) is 0 Å².